The topological polar surface area (TPSA) is 75.9 Å². The lowest BCUT2D eigenvalue weighted by Crippen LogP contribution is -2.46. The normalized spacial score (nSPS) is 17.2. The Labute approximate surface area is 158 Å². The standard InChI is InChI=1S/C20H24N6O/c1-15-14-17-18(7-4-8-19(17)24-23-15)22-20(27)26-12-3-2-6-16(26)9-13-25-11-5-10-21-25/h4-5,7-8,10-11,14,16H,2-3,6,9,12-13H2,1H3,(H,22,27). The molecule has 0 aliphatic carbocycles. The fourth-order valence-corrected chi connectivity index (χ4v) is 3.74. The average molecular weight is 364 g/mol. The number of hydrogen-bond donors (Lipinski definition) is 1. The number of aromatic nitrogens is 4. The molecule has 1 N–H and O–H groups in total. The third-order valence-corrected chi connectivity index (χ3v) is 5.13. The van der Waals surface area contributed by atoms with E-state index in [-0.39, 0.29) is 12.1 Å². The Morgan fingerprint density at radius 3 is 3.04 bits per heavy atom. The average Bonchev–Trinajstić information content (AvgIpc) is 3.21. The molecular weight excluding hydrogens is 340 g/mol. The van der Waals surface area contributed by atoms with E-state index in [4.69, 9.17) is 0 Å². The van der Waals surface area contributed by atoms with Crippen LogP contribution in [0, 0.1) is 6.92 Å². The van der Waals surface area contributed by atoms with E-state index in [1.54, 1.807) is 6.20 Å². The number of piperidine rings is 1. The SMILES string of the molecule is Cc1cc2c(NC(=O)N3CCCCC3CCn3cccn3)cccc2nn1. The molecule has 4 rings (SSSR count). The number of fused-ring (bicyclic) bond motifs is 1. The van der Waals surface area contributed by atoms with Gasteiger partial charge in [-0.2, -0.15) is 15.3 Å². The van der Waals surface area contributed by atoms with Crippen LogP contribution in [-0.2, 0) is 6.54 Å². The molecule has 0 spiro atoms. The number of amides is 2. The summed E-state index contributed by atoms with van der Waals surface area (Å²) in [5.74, 6) is 0. The van der Waals surface area contributed by atoms with Crippen molar-refractivity contribution in [3.05, 3.63) is 48.4 Å². The molecule has 1 unspecified atom stereocenters. The van der Waals surface area contributed by atoms with Gasteiger partial charge in [0.1, 0.15) is 0 Å². The van der Waals surface area contributed by atoms with Gasteiger partial charge in [-0.3, -0.25) is 4.68 Å². The van der Waals surface area contributed by atoms with Gasteiger partial charge >= 0.3 is 6.03 Å². The zero-order valence-corrected chi connectivity index (χ0v) is 15.5. The second-order valence-electron chi connectivity index (χ2n) is 7.06. The van der Waals surface area contributed by atoms with Crippen LogP contribution in [0.25, 0.3) is 10.9 Å². The predicted octanol–water partition coefficient (Wildman–Crippen LogP) is 3.61. The second-order valence-corrected chi connectivity index (χ2v) is 7.06. The van der Waals surface area contributed by atoms with Crippen molar-refractivity contribution in [3.8, 4) is 0 Å². The van der Waals surface area contributed by atoms with Crippen molar-refractivity contribution in [1.82, 2.24) is 24.9 Å². The molecule has 2 aromatic heterocycles. The van der Waals surface area contributed by atoms with Gasteiger partial charge in [0, 0.05) is 36.9 Å². The van der Waals surface area contributed by atoms with Crippen LogP contribution in [0.5, 0.6) is 0 Å². The van der Waals surface area contributed by atoms with Crippen molar-refractivity contribution in [2.45, 2.75) is 45.2 Å². The first-order chi connectivity index (χ1) is 13.2. The number of nitrogens with zero attached hydrogens (tertiary/aromatic N) is 5. The number of rotatable bonds is 4. The summed E-state index contributed by atoms with van der Waals surface area (Å²) in [6, 6.07) is 9.81. The third-order valence-electron chi connectivity index (χ3n) is 5.13. The Balaban J connectivity index is 1.50. The monoisotopic (exact) mass is 364 g/mol. The van der Waals surface area contributed by atoms with Crippen molar-refractivity contribution in [2.24, 2.45) is 0 Å². The highest BCUT2D eigenvalue weighted by atomic mass is 16.2. The molecule has 0 bridgehead atoms. The van der Waals surface area contributed by atoms with Gasteiger partial charge in [-0.05, 0) is 56.9 Å². The first-order valence-corrected chi connectivity index (χ1v) is 9.49. The first-order valence-electron chi connectivity index (χ1n) is 9.49. The van der Waals surface area contributed by atoms with Crippen molar-refractivity contribution < 1.29 is 4.79 Å². The van der Waals surface area contributed by atoms with Gasteiger partial charge in [-0.25, -0.2) is 4.79 Å². The molecule has 2 amide bonds. The van der Waals surface area contributed by atoms with E-state index in [0.717, 1.165) is 61.1 Å². The minimum atomic E-state index is -0.0397. The minimum Gasteiger partial charge on any atom is -0.321 e. The van der Waals surface area contributed by atoms with E-state index < -0.39 is 0 Å². The number of carbonyl (C=O) groups excluding carboxylic acids is 1. The molecule has 1 atom stereocenters. The summed E-state index contributed by atoms with van der Waals surface area (Å²) in [4.78, 5) is 15.0. The molecule has 27 heavy (non-hydrogen) atoms. The lowest BCUT2D eigenvalue weighted by atomic mass is 10.00. The zero-order valence-electron chi connectivity index (χ0n) is 15.5. The van der Waals surface area contributed by atoms with E-state index >= 15 is 0 Å². The summed E-state index contributed by atoms with van der Waals surface area (Å²) >= 11 is 0. The molecule has 3 aromatic rings. The summed E-state index contributed by atoms with van der Waals surface area (Å²) in [6.45, 7) is 3.52. The second kappa shape index (κ2) is 7.73. The van der Waals surface area contributed by atoms with Crippen LogP contribution < -0.4 is 5.32 Å². The molecule has 1 aliphatic rings. The molecule has 1 fully saturated rings. The number of carbonyl (C=O) groups is 1. The number of nitrogens with one attached hydrogen (secondary N) is 1. The van der Waals surface area contributed by atoms with Crippen LogP contribution in [0.15, 0.2) is 42.7 Å². The van der Waals surface area contributed by atoms with Crippen LogP contribution in [-0.4, -0.2) is 43.5 Å². The Morgan fingerprint density at radius 1 is 1.26 bits per heavy atom. The van der Waals surface area contributed by atoms with Crippen molar-refractivity contribution >= 4 is 22.6 Å². The van der Waals surface area contributed by atoms with Gasteiger partial charge in [0.15, 0.2) is 0 Å². The fourth-order valence-electron chi connectivity index (χ4n) is 3.74. The molecule has 7 nitrogen and oxygen atoms in total. The first kappa shape index (κ1) is 17.5. The Morgan fingerprint density at radius 2 is 2.19 bits per heavy atom. The summed E-state index contributed by atoms with van der Waals surface area (Å²) in [5.41, 5.74) is 2.40. The molecular formula is C20H24N6O. The maximum absolute atomic E-state index is 13.0. The van der Waals surface area contributed by atoms with Crippen molar-refractivity contribution in [3.63, 3.8) is 0 Å². The number of urea groups is 1. The maximum atomic E-state index is 13.0. The Kier molecular flexibility index (Phi) is 5.00. The van der Waals surface area contributed by atoms with Crippen molar-refractivity contribution in [2.75, 3.05) is 11.9 Å². The summed E-state index contributed by atoms with van der Waals surface area (Å²) < 4.78 is 1.93. The van der Waals surface area contributed by atoms with Gasteiger partial charge in [0.05, 0.1) is 16.9 Å². The Hall–Kier alpha value is -2.96. The number of likely N-dealkylation sites (tertiary alicyclic amines) is 1. The van der Waals surface area contributed by atoms with E-state index in [2.05, 4.69) is 20.6 Å². The highest BCUT2D eigenvalue weighted by Crippen LogP contribution is 2.25. The summed E-state index contributed by atoms with van der Waals surface area (Å²) in [7, 11) is 0. The highest BCUT2D eigenvalue weighted by Gasteiger charge is 2.27. The van der Waals surface area contributed by atoms with E-state index in [0.29, 0.717) is 0 Å². The number of benzene rings is 1. The quantitative estimate of drug-likeness (QED) is 0.767. The largest absolute Gasteiger partial charge is 0.322 e. The van der Waals surface area contributed by atoms with E-state index in [9.17, 15) is 4.79 Å². The van der Waals surface area contributed by atoms with Crippen LogP contribution in [0.1, 0.15) is 31.4 Å². The van der Waals surface area contributed by atoms with Crippen LogP contribution in [0.2, 0.25) is 0 Å². The number of aryl methyl sites for hydroxylation is 2. The van der Waals surface area contributed by atoms with Gasteiger partial charge in [-0.1, -0.05) is 6.07 Å². The molecule has 0 radical (unpaired) electrons. The maximum Gasteiger partial charge on any atom is 0.322 e. The number of anilines is 1. The zero-order chi connectivity index (χ0) is 18.6. The summed E-state index contributed by atoms with van der Waals surface area (Å²) in [6.07, 6.45) is 7.91. The minimum absolute atomic E-state index is 0.0397. The predicted molar refractivity (Wildman–Crippen MR) is 104 cm³/mol. The molecule has 140 valence electrons. The van der Waals surface area contributed by atoms with Gasteiger partial charge in [0.25, 0.3) is 0 Å². The van der Waals surface area contributed by atoms with Gasteiger partial charge in [0.2, 0.25) is 0 Å². The fraction of sp³-hybridized carbons (Fsp3) is 0.400. The van der Waals surface area contributed by atoms with Crippen molar-refractivity contribution in [1.29, 1.82) is 0 Å². The summed E-state index contributed by atoms with van der Waals surface area (Å²) in [5, 5.41) is 16.6. The smallest absolute Gasteiger partial charge is 0.321 e. The van der Waals surface area contributed by atoms with Crippen LogP contribution >= 0.6 is 0 Å². The van der Waals surface area contributed by atoms with Crippen LogP contribution in [0.3, 0.4) is 0 Å². The Bertz CT molecular complexity index is 923. The lowest BCUT2D eigenvalue weighted by Gasteiger charge is -2.36. The number of hydrogen-bond acceptors (Lipinski definition) is 4. The van der Waals surface area contributed by atoms with E-state index in [1.807, 2.05) is 53.0 Å². The molecule has 7 heteroatoms. The molecule has 1 aromatic carbocycles. The van der Waals surface area contributed by atoms with Gasteiger partial charge in [-0.15, -0.1) is 0 Å². The molecule has 1 aliphatic heterocycles. The highest BCUT2D eigenvalue weighted by molar-refractivity contribution is 6.00. The van der Waals surface area contributed by atoms with E-state index in [1.165, 1.54) is 0 Å². The third kappa shape index (κ3) is 3.92. The lowest BCUT2D eigenvalue weighted by molar-refractivity contribution is 0.154. The molecule has 0 saturated carbocycles. The molecule has 1 saturated heterocycles. The van der Waals surface area contributed by atoms with Crippen LogP contribution in [0.4, 0.5) is 10.5 Å². The van der Waals surface area contributed by atoms with Gasteiger partial charge < -0.3 is 10.2 Å². The molecule has 3 heterocycles.